The minimum atomic E-state index is -0.135. The summed E-state index contributed by atoms with van der Waals surface area (Å²) < 4.78 is 5.81. The summed E-state index contributed by atoms with van der Waals surface area (Å²) in [5, 5.41) is 3.04. The molecule has 0 bridgehead atoms. The minimum absolute atomic E-state index is 0.135. The molecule has 0 saturated heterocycles. The monoisotopic (exact) mass is 351 g/mol. The quantitative estimate of drug-likeness (QED) is 0.471. The summed E-state index contributed by atoms with van der Waals surface area (Å²) in [5.74, 6) is 1.02. The van der Waals surface area contributed by atoms with E-state index in [1.165, 1.54) is 0 Å². The van der Waals surface area contributed by atoms with E-state index in [-0.39, 0.29) is 5.91 Å². The molecule has 3 nitrogen and oxygen atoms in total. The highest BCUT2D eigenvalue weighted by Gasteiger charge is 2.10. The van der Waals surface area contributed by atoms with E-state index in [9.17, 15) is 4.79 Å². The lowest BCUT2D eigenvalue weighted by molar-refractivity contribution is -0.111. The van der Waals surface area contributed by atoms with Crippen molar-refractivity contribution >= 4 is 17.7 Å². The van der Waals surface area contributed by atoms with E-state index in [0.29, 0.717) is 12.5 Å². The molecule has 2 rings (SSSR count). The van der Waals surface area contributed by atoms with E-state index in [0.717, 1.165) is 41.0 Å². The molecule has 0 atom stereocenters. The zero-order chi connectivity index (χ0) is 18.9. The van der Waals surface area contributed by atoms with E-state index in [2.05, 4.69) is 32.2 Å². The van der Waals surface area contributed by atoms with Crippen LogP contribution in [0, 0.1) is 6.92 Å². The lowest BCUT2D eigenvalue weighted by Gasteiger charge is -2.15. The summed E-state index contributed by atoms with van der Waals surface area (Å²) in [5.41, 5.74) is 4.04. The van der Waals surface area contributed by atoms with Crippen LogP contribution in [0.25, 0.3) is 6.08 Å². The van der Waals surface area contributed by atoms with Gasteiger partial charge in [0.25, 0.3) is 0 Å². The van der Waals surface area contributed by atoms with Crippen LogP contribution in [-0.4, -0.2) is 12.5 Å². The number of anilines is 1. The Kier molecular flexibility index (Phi) is 7.46. The van der Waals surface area contributed by atoms with E-state index in [1.807, 2.05) is 49.4 Å². The fraction of sp³-hybridized carbons (Fsp3) is 0.348. The Morgan fingerprint density at radius 1 is 1.15 bits per heavy atom. The molecule has 0 aliphatic carbocycles. The standard InChI is InChI=1S/C23H29NO2/c1-5-6-16-26-21-13-8-7-11-19(21)14-15-22(25)24-23-18(4)10-9-12-20(23)17(2)3/h7-15,17H,5-6,16H2,1-4H3,(H,24,25)/b15-14+. The van der Waals surface area contributed by atoms with Gasteiger partial charge in [-0.25, -0.2) is 0 Å². The summed E-state index contributed by atoms with van der Waals surface area (Å²) in [7, 11) is 0. The Morgan fingerprint density at radius 2 is 1.92 bits per heavy atom. The number of ether oxygens (including phenoxy) is 1. The van der Waals surface area contributed by atoms with Gasteiger partial charge in [0.2, 0.25) is 5.91 Å². The number of benzene rings is 2. The summed E-state index contributed by atoms with van der Waals surface area (Å²) in [4.78, 5) is 12.4. The molecule has 1 amide bonds. The number of carbonyl (C=O) groups is 1. The van der Waals surface area contributed by atoms with Gasteiger partial charge in [-0.05, 0) is 42.5 Å². The number of amides is 1. The first-order chi connectivity index (χ1) is 12.5. The van der Waals surface area contributed by atoms with Crippen LogP contribution in [0.2, 0.25) is 0 Å². The minimum Gasteiger partial charge on any atom is -0.493 e. The number of unbranched alkanes of at least 4 members (excludes halogenated alkanes) is 1. The largest absolute Gasteiger partial charge is 0.493 e. The smallest absolute Gasteiger partial charge is 0.248 e. The molecule has 0 aromatic heterocycles. The van der Waals surface area contributed by atoms with Crippen LogP contribution in [0.3, 0.4) is 0 Å². The maximum atomic E-state index is 12.4. The topological polar surface area (TPSA) is 38.3 Å². The Hall–Kier alpha value is -2.55. The first-order valence-corrected chi connectivity index (χ1v) is 9.33. The van der Waals surface area contributed by atoms with Gasteiger partial charge in [0, 0.05) is 17.3 Å². The predicted molar refractivity (Wildman–Crippen MR) is 110 cm³/mol. The SMILES string of the molecule is CCCCOc1ccccc1/C=C/C(=O)Nc1c(C)cccc1C(C)C. The van der Waals surface area contributed by atoms with Crippen LogP contribution >= 0.6 is 0 Å². The Labute approximate surface area is 157 Å². The zero-order valence-corrected chi connectivity index (χ0v) is 16.2. The molecule has 0 radical (unpaired) electrons. The van der Waals surface area contributed by atoms with Crippen molar-refractivity contribution in [2.24, 2.45) is 0 Å². The molecule has 0 unspecified atom stereocenters. The fourth-order valence-electron chi connectivity index (χ4n) is 2.75. The number of hydrogen-bond donors (Lipinski definition) is 1. The molecule has 0 aliphatic heterocycles. The van der Waals surface area contributed by atoms with Crippen LogP contribution in [-0.2, 0) is 4.79 Å². The molecule has 26 heavy (non-hydrogen) atoms. The lowest BCUT2D eigenvalue weighted by atomic mass is 9.98. The van der Waals surface area contributed by atoms with Crippen molar-refractivity contribution in [1.29, 1.82) is 0 Å². The maximum absolute atomic E-state index is 12.4. The highest BCUT2D eigenvalue weighted by molar-refractivity contribution is 6.03. The molecular formula is C23H29NO2. The predicted octanol–water partition coefficient (Wildman–Crippen LogP) is 5.95. The van der Waals surface area contributed by atoms with Gasteiger partial charge < -0.3 is 10.1 Å². The number of carbonyl (C=O) groups excluding carboxylic acids is 1. The summed E-state index contributed by atoms with van der Waals surface area (Å²) >= 11 is 0. The van der Waals surface area contributed by atoms with E-state index >= 15 is 0 Å². The van der Waals surface area contributed by atoms with Crippen LogP contribution in [0.1, 0.15) is 56.2 Å². The summed E-state index contributed by atoms with van der Waals surface area (Å²) in [6.45, 7) is 9.10. The second kappa shape index (κ2) is 9.81. The molecule has 2 aromatic carbocycles. The Balaban J connectivity index is 2.12. The third-order valence-electron chi connectivity index (χ3n) is 4.26. The molecule has 1 N–H and O–H groups in total. The molecule has 0 aliphatic rings. The normalized spacial score (nSPS) is 11.1. The van der Waals surface area contributed by atoms with Crippen molar-refractivity contribution < 1.29 is 9.53 Å². The average Bonchev–Trinajstić information content (AvgIpc) is 2.62. The van der Waals surface area contributed by atoms with E-state index < -0.39 is 0 Å². The van der Waals surface area contributed by atoms with E-state index in [4.69, 9.17) is 4.74 Å². The third kappa shape index (κ3) is 5.48. The van der Waals surface area contributed by atoms with Crippen molar-refractivity contribution in [2.45, 2.75) is 46.5 Å². The summed E-state index contributed by atoms with van der Waals surface area (Å²) in [6, 6.07) is 13.9. The van der Waals surface area contributed by atoms with Gasteiger partial charge in [0.15, 0.2) is 0 Å². The number of nitrogens with one attached hydrogen (secondary N) is 1. The number of aryl methyl sites for hydroxylation is 1. The molecule has 2 aromatic rings. The summed E-state index contributed by atoms with van der Waals surface area (Å²) in [6.07, 6.45) is 5.49. The van der Waals surface area contributed by atoms with Gasteiger partial charge in [-0.1, -0.05) is 63.6 Å². The van der Waals surface area contributed by atoms with Crippen molar-refractivity contribution in [1.82, 2.24) is 0 Å². The van der Waals surface area contributed by atoms with Gasteiger partial charge in [-0.3, -0.25) is 4.79 Å². The van der Waals surface area contributed by atoms with Crippen LogP contribution < -0.4 is 10.1 Å². The Morgan fingerprint density at radius 3 is 2.65 bits per heavy atom. The van der Waals surface area contributed by atoms with Crippen molar-refractivity contribution in [3.8, 4) is 5.75 Å². The van der Waals surface area contributed by atoms with Gasteiger partial charge in [-0.15, -0.1) is 0 Å². The lowest BCUT2D eigenvalue weighted by Crippen LogP contribution is -2.11. The van der Waals surface area contributed by atoms with Gasteiger partial charge >= 0.3 is 0 Å². The van der Waals surface area contributed by atoms with Crippen molar-refractivity contribution in [2.75, 3.05) is 11.9 Å². The molecule has 0 saturated carbocycles. The molecule has 138 valence electrons. The molecule has 0 spiro atoms. The molecule has 3 heteroatoms. The number of rotatable bonds is 8. The average molecular weight is 351 g/mol. The first kappa shape index (κ1) is 19.8. The van der Waals surface area contributed by atoms with Crippen LogP contribution in [0.15, 0.2) is 48.5 Å². The zero-order valence-electron chi connectivity index (χ0n) is 16.2. The van der Waals surface area contributed by atoms with Gasteiger partial charge in [0.1, 0.15) is 5.75 Å². The number of para-hydroxylation sites is 2. The highest BCUT2D eigenvalue weighted by Crippen LogP contribution is 2.27. The van der Waals surface area contributed by atoms with Crippen LogP contribution in [0.5, 0.6) is 5.75 Å². The highest BCUT2D eigenvalue weighted by atomic mass is 16.5. The fourth-order valence-corrected chi connectivity index (χ4v) is 2.75. The van der Waals surface area contributed by atoms with Gasteiger partial charge in [0.05, 0.1) is 6.61 Å². The second-order valence-corrected chi connectivity index (χ2v) is 6.76. The number of hydrogen-bond acceptors (Lipinski definition) is 2. The maximum Gasteiger partial charge on any atom is 0.248 e. The van der Waals surface area contributed by atoms with Gasteiger partial charge in [-0.2, -0.15) is 0 Å². The van der Waals surface area contributed by atoms with Crippen molar-refractivity contribution in [3.63, 3.8) is 0 Å². The third-order valence-corrected chi connectivity index (χ3v) is 4.26. The van der Waals surface area contributed by atoms with Crippen molar-refractivity contribution in [3.05, 3.63) is 65.2 Å². The van der Waals surface area contributed by atoms with E-state index in [1.54, 1.807) is 6.08 Å². The second-order valence-electron chi connectivity index (χ2n) is 6.76. The van der Waals surface area contributed by atoms with Crippen LogP contribution in [0.4, 0.5) is 5.69 Å². The Bertz CT molecular complexity index is 763. The first-order valence-electron chi connectivity index (χ1n) is 9.33. The molecule has 0 fully saturated rings. The molecular weight excluding hydrogens is 322 g/mol. The molecule has 0 heterocycles.